The summed E-state index contributed by atoms with van der Waals surface area (Å²) in [4.78, 5) is 14.2. The normalized spacial score (nSPS) is 10.8. The summed E-state index contributed by atoms with van der Waals surface area (Å²) in [7, 11) is 1.76. The number of para-hydroxylation sites is 1. The zero-order valence-corrected chi connectivity index (χ0v) is 17.4. The second-order valence-corrected chi connectivity index (χ2v) is 7.23. The van der Waals surface area contributed by atoms with Crippen LogP contribution in [0, 0.1) is 19.7 Å². The van der Waals surface area contributed by atoms with Crippen molar-refractivity contribution in [3.05, 3.63) is 76.3 Å². The van der Waals surface area contributed by atoms with Crippen molar-refractivity contribution >= 4 is 17.5 Å². The summed E-state index contributed by atoms with van der Waals surface area (Å²) in [6, 6.07) is 14.0. The summed E-state index contributed by atoms with van der Waals surface area (Å²) >= 11 is 5.73. The van der Waals surface area contributed by atoms with Gasteiger partial charge in [0.1, 0.15) is 11.6 Å². The molecule has 152 valence electrons. The molecule has 0 aliphatic rings. The SMILES string of the molecule is Cc1nn(-c2ccccc2)c(C)c1CN(C)C(=O)CCOc1ccc(F)c(Cl)c1. The number of benzene rings is 2. The van der Waals surface area contributed by atoms with Crippen molar-refractivity contribution < 1.29 is 13.9 Å². The molecule has 1 aromatic heterocycles. The van der Waals surface area contributed by atoms with Gasteiger partial charge in [0.2, 0.25) is 5.91 Å². The third-order valence-electron chi connectivity index (χ3n) is 4.74. The van der Waals surface area contributed by atoms with Crippen molar-refractivity contribution in [3.63, 3.8) is 0 Å². The van der Waals surface area contributed by atoms with E-state index in [0.29, 0.717) is 12.3 Å². The number of rotatable bonds is 7. The number of aryl methyl sites for hydroxylation is 1. The second-order valence-electron chi connectivity index (χ2n) is 6.82. The molecular weight excluding hydrogens is 393 g/mol. The smallest absolute Gasteiger partial charge is 0.226 e. The fourth-order valence-electron chi connectivity index (χ4n) is 3.06. The first-order valence-electron chi connectivity index (χ1n) is 9.29. The van der Waals surface area contributed by atoms with Crippen LogP contribution >= 0.6 is 11.6 Å². The average molecular weight is 416 g/mol. The van der Waals surface area contributed by atoms with Crippen LogP contribution in [0.5, 0.6) is 5.75 Å². The summed E-state index contributed by atoms with van der Waals surface area (Å²) in [6.45, 7) is 4.60. The van der Waals surface area contributed by atoms with Crippen LogP contribution in [-0.4, -0.2) is 34.2 Å². The molecule has 2 aromatic carbocycles. The highest BCUT2D eigenvalue weighted by Crippen LogP contribution is 2.22. The molecule has 0 aliphatic heterocycles. The molecule has 3 rings (SSSR count). The molecule has 5 nitrogen and oxygen atoms in total. The molecule has 1 heterocycles. The highest BCUT2D eigenvalue weighted by molar-refractivity contribution is 6.30. The largest absolute Gasteiger partial charge is 0.493 e. The van der Waals surface area contributed by atoms with Crippen molar-refractivity contribution in [3.8, 4) is 11.4 Å². The lowest BCUT2D eigenvalue weighted by Gasteiger charge is -2.18. The molecule has 0 N–H and O–H groups in total. The Bertz CT molecular complexity index is 1000. The molecule has 0 unspecified atom stereocenters. The van der Waals surface area contributed by atoms with Crippen molar-refractivity contribution in [2.24, 2.45) is 0 Å². The van der Waals surface area contributed by atoms with Gasteiger partial charge in [0.15, 0.2) is 0 Å². The average Bonchev–Trinajstić information content (AvgIpc) is 2.99. The van der Waals surface area contributed by atoms with Gasteiger partial charge in [-0.25, -0.2) is 9.07 Å². The summed E-state index contributed by atoms with van der Waals surface area (Å²) in [5.41, 5.74) is 3.91. The Morgan fingerprint density at radius 2 is 1.93 bits per heavy atom. The molecule has 29 heavy (non-hydrogen) atoms. The van der Waals surface area contributed by atoms with Crippen molar-refractivity contribution in [2.75, 3.05) is 13.7 Å². The Kier molecular flexibility index (Phi) is 6.54. The Balaban J connectivity index is 1.59. The van der Waals surface area contributed by atoms with Crippen LogP contribution < -0.4 is 4.74 Å². The predicted molar refractivity (Wildman–Crippen MR) is 111 cm³/mol. The van der Waals surface area contributed by atoms with Gasteiger partial charge < -0.3 is 9.64 Å². The minimum Gasteiger partial charge on any atom is -0.493 e. The molecule has 0 aliphatic carbocycles. The van der Waals surface area contributed by atoms with Gasteiger partial charge in [-0.15, -0.1) is 0 Å². The lowest BCUT2D eigenvalue weighted by molar-refractivity contribution is -0.130. The number of hydrogen-bond acceptors (Lipinski definition) is 3. The summed E-state index contributed by atoms with van der Waals surface area (Å²) in [5, 5.41) is 4.61. The van der Waals surface area contributed by atoms with E-state index in [1.54, 1.807) is 11.9 Å². The van der Waals surface area contributed by atoms with Gasteiger partial charge in [0, 0.05) is 30.9 Å². The van der Waals surface area contributed by atoms with Crippen molar-refractivity contribution in [1.29, 1.82) is 0 Å². The monoisotopic (exact) mass is 415 g/mol. The number of amides is 1. The van der Waals surface area contributed by atoms with Gasteiger partial charge in [-0.05, 0) is 38.1 Å². The summed E-state index contributed by atoms with van der Waals surface area (Å²) in [5.74, 6) is -0.122. The van der Waals surface area contributed by atoms with Crippen LogP contribution in [0.4, 0.5) is 4.39 Å². The van der Waals surface area contributed by atoms with Crippen LogP contribution in [0.3, 0.4) is 0 Å². The fourth-order valence-corrected chi connectivity index (χ4v) is 3.23. The Labute approximate surface area is 174 Å². The van der Waals surface area contributed by atoms with Crippen LogP contribution in [0.15, 0.2) is 48.5 Å². The predicted octanol–water partition coefficient (Wildman–Crippen LogP) is 4.71. The third kappa shape index (κ3) is 4.95. The maximum Gasteiger partial charge on any atom is 0.226 e. The lowest BCUT2D eigenvalue weighted by atomic mass is 10.2. The molecule has 0 spiro atoms. The molecule has 0 bridgehead atoms. The zero-order valence-electron chi connectivity index (χ0n) is 16.7. The van der Waals surface area contributed by atoms with Crippen LogP contribution in [0.1, 0.15) is 23.4 Å². The van der Waals surface area contributed by atoms with E-state index >= 15 is 0 Å². The zero-order chi connectivity index (χ0) is 21.0. The third-order valence-corrected chi connectivity index (χ3v) is 5.03. The van der Waals surface area contributed by atoms with E-state index in [0.717, 1.165) is 22.6 Å². The lowest BCUT2D eigenvalue weighted by Crippen LogP contribution is -2.28. The summed E-state index contributed by atoms with van der Waals surface area (Å²) in [6.07, 6.45) is 0.205. The van der Waals surface area contributed by atoms with E-state index in [9.17, 15) is 9.18 Å². The van der Waals surface area contributed by atoms with Crippen LogP contribution in [0.2, 0.25) is 5.02 Å². The number of aromatic nitrogens is 2. The number of ether oxygens (including phenoxy) is 1. The van der Waals surface area contributed by atoms with E-state index in [1.165, 1.54) is 18.2 Å². The maximum absolute atomic E-state index is 13.2. The van der Waals surface area contributed by atoms with Gasteiger partial charge in [0.05, 0.1) is 29.4 Å². The second kappa shape index (κ2) is 9.09. The molecule has 3 aromatic rings. The minimum atomic E-state index is -0.503. The molecule has 7 heteroatoms. The fraction of sp³-hybridized carbons (Fsp3) is 0.273. The number of nitrogens with zero attached hydrogens (tertiary/aromatic N) is 3. The van der Waals surface area contributed by atoms with E-state index in [2.05, 4.69) is 5.10 Å². The topological polar surface area (TPSA) is 47.4 Å². The Morgan fingerprint density at radius 3 is 2.62 bits per heavy atom. The van der Waals surface area contributed by atoms with Gasteiger partial charge in [-0.2, -0.15) is 5.10 Å². The maximum atomic E-state index is 13.2. The number of halogens is 2. The Morgan fingerprint density at radius 1 is 1.21 bits per heavy atom. The number of hydrogen-bond donors (Lipinski definition) is 0. The van der Waals surface area contributed by atoms with Crippen LogP contribution in [0.25, 0.3) is 5.69 Å². The first kappa shape index (κ1) is 20.9. The summed E-state index contributed by atoms with van der Waals surface area (Å²) < 4.78 is 20.6. The van der Waals surface area contributed by atoms with Gasteiger partial charge in [0.25, 0.3) is 0 Å². The van der Waals surface area contributed by atoms with Crippen LogP contribution in [-0.2, 0) is 11.3 Å². The van der Waals surface area contributed by atoms with E-state index < -0.39 is 5.82 Å². The standard InChI is InChI=1S/C22H23ClFN3O2/c1-15-19(16(2)27(25-15)17-7-5-4-6-8-17)14-26(3)22(28)11-12-29-18-9-10-21(24)20(23)13-18/h4-10,13H,11-12,14H2,1-3H3. The molecular formula is C22H23ClFN3O2. The minimum absolute atomic E-state index is 0.00711. The van der Waals surface area contributed by atoms with Gasteiger partial charge in [-0.3, -0.25) is 4.79 Å². The van der Waals surface area contributed by atoms with E-state index in [-0.39, 0.29) is 24.0 Å². The van der Waals surface area contributed by atoms with E-state index in [1.807, 2.05) is 48.9 Å². The molecule has 0 saturated heterocycles. The van der Waals surface area contributed by atoms with Gasteiger partial charge in [-0.1, -0.05) is 29.8 Å². The van der Waals surface area contributed by atoms with Gasteiger partial charge >= 0.3 is 0 Å². The Hall–Kier alpha value is -2.86. The molecule has 0 radical (unpaired) electrons. The number of carbonyl (C=O) groups excluding carboxylic acids is 1. The molecule has 0 atom stereocenters. The number of carbonyl (C=O) groups is 1. The van der Waals surface area contributed by atoms with Crippen molar-refractivity contribution in [1.82, 2.24) is 14.7 Å². The first-order chi connectivity index (χ1) is 13.9. The highest BCUT2D eigenvalue weighted by Gasteiger charge is 2.17. The molecule has 1 amide bonds. The first-order valence-corrected chi connectivity index (χ1v) is 9.67. The molecule has 0 saturated carbocycles. The van der Waals surface area contributed by atoms with Crippen molar-refractivity contribution in [2.45, 2.75) is 26.8 Å². The van der Waals surface area contributed by atoms with E-state index in [4.69, 9.17) is 16.3 Å². The quantitative estimate of drug-likeness (QED) is 0.561. The molecule has 0 fully saturated rings. The highest BCUT2D eigenvalue weighted by atomic mass is 35.5.